The number of carbonyl (C=O) groups is 1. The van der Waals surface area contributed by atoms with Gasteiger partial charge >= 0.3 is 0 Å². The first-order chi connectivity index (χ1) is 11.8. The van der Waals surface area contributed by atoms with Gasteiger partial charge in [-0.15, -0.1) is 0 Å². The van der Waals surface area contributed by atoms with E-state index >= 15 is 0 Å². The Balaban J connectivity index is 1.97. The Kier molecular flexibility index (Phi) is 5.75. The maximum absolute atomic E-state index is 12.8. The highest BCUT2D eigenvalue weighted by Gasteiger charge is 2.08. The molecule has 0 aliphatic heterocycles. The molecule has 0 radical (unpaired) electrons. The van der Waals surface area contributed by atoms with Crippen molar-refractivity contribution < 1.29 is 19.2 Å². The highest BCUT2D eigenvalue weighted by molar-refractivity contribution is 7.80. The number of thiocarbonyl (C=S) groups is 1. The molecule has 7 nitrogen and oxygen atoms in total. The number of rotatable bonds is 4. The van der Waals surface area contributed by atoms with Gasteiger partial charge < -0.3 is 10.4 Å². The topological polar surface area (TPSA) is 107 Å². The van der Waals surface area contributed by atoms with Crippen LogP contribution in [0.2, 0.25) is 0 Å². The maximum atomic E-state index is 12.8. The molecule has 0 fully saturated rings. The number of nitro groups is 1. The van der Waals surface area contributed by atoms with Gasteiger partial charge in [0.05, 0.1) is 4.92 Å². The summed E-state index contributed by atoms with van der Waals surface area (Å²) in [5.74, 6) is -1.49. The highest BCUT2D eigenvalue weighted by Crippen LogP contribution is 2.25. The highest BCUT2D eigenvalue weighted by atomic mass is 32.1. The van der Waals surface area contributed by atoms with Gasteiger partial charge in [-0.1, -0.05) is 23.9 Å². The second-order valence-electron chi connectivity index (χ2n) is 4.77. The second kappa shape index (κ2) is 7.97. The van der Waals surface area contributed by atoms with Crippen LogP contribution >= 0.6 is 12.2 Å². The van der Waals surface area contributed by atoms with Crippen molar-refractivity contribution in [2.45, 2.75) is 0 Å². The molecule has 0 atom stereocenters. The minimum absolute atomic E-state index is 0.123. The number of hydrogen-bond acceptors (Lipinski definition) is 5. The Morgan fingerprint density at radius 1 is 1.20 bits per heavy atom. The van der Waals surface area contributed by atoms with Crippen LogP contribution in [0, 0.1) is 15.9 Å². The van der Waals surface area contributed by atoms with Crippen LogP contribution in [0.5, 0.6) is 5.75 Å². The predicted molar refractivity (Wildman–Crippen MR) is 92.3 cm³/mol. The molecule has 0 saturated carbocycles. The third-order valence-corrected chi connectivity index (χ3v) is 3.16. The van der Waals surface area contributed by atoms with Crippen LogP contribution in [-0.2, 0) is 4.79 Å². The van der Waals surface area contributed by atoms with E-state index in [2.05, 4.69) is 10.6 Å². The molecule has 2 aromatic carbocycles. The van der Waals surface area contributed by atoms with Gasteiger partial charge in [-0.3, -0.25) is 20.2 Å². The van der Waals surface area contributed by atoms with Crippen LogP contribution in [-0.4, -0.2) is 15.9 Å². The Morgan fingerprint density at radius 3 is 2.52 bits per heavy atom. The summed E-state index contributed by atoms with van der Waals surface area (Å²) in [6.45, 7) is 0. The number of hydrogen-bond donors (Lipinski definition) is 2. The molecule has 0 unspecified atom stereocenters. The Morgan fingerprint density at radius 2 is 1.88 bits per heavy atom. The number of nitro benzene ring substituents is 1. The van der Waals surface area contributed by atoms with Crippen LogP contribution < -0.4 is 15.7 Å². The number of halogens is 1. The van der Waals surface area contributed by atoms with Crippen molar-refractivity contribution in [2.24, 2.45) is 0 Å². The summed E-state index contributed by atoms with van der Waals surface area (Å²) >= 11 is 4.89. The van der Waals surface area contributed by atoms with Crippen molar-refractivity contribution in [2.75, 3.05) is 5.32 Å². The minimum Gasteiger partial charge on any atom is -0.871 e. The lowest BCUT2D eigenvalue weighted by atomic mass is 10.2. The van der Waals surface area contributed by atoms with Crippen molar-refractivity contribution in [1.29, 1.82) is 0 Å². The van der Waals surface area contributed by atoms with Crippen LogP contribution in [0.15, 0.2) is 48.5 Å². The Bertz CT molecular complexity index is 853. The van der Waals surface area contributed by atoms with Gasteiger partial charge in [0.25, 0.3) is 5.69 Å². The monoisotopic (exact) mass is 360 g/mol. The van der Waals surface area contributed by atoms with E-state index in [4.69, 9.17) is 12.2 Å². The average molecular weight is 360 g/mol. The Hall–Kier alpha value is -3.33. The molecular weight excluding hydrogens is 349 g/mol. The molecule has 0 heterocycles. The number of amides is 1. The zero-order valence-electron chi connectivity index (χ0n) is 12.6. The van der Waals surface area contributed by atoms with E-state index < -0.39 is 22.4 Å². The molecule has 128 valence electrons. The lowest BCUT2D eigenvalue weighted by molar-refractivity contribution is -0.385. The number of nitrogens with one attached hydrogen (secondary N) is 2. The molecule has 0 bridgehead atoms. The fourth-order valence-corrected chi connectivity index (χ4v) is 1.99. The zero-order chi connectivity index (χ0) is 18.4. The van der Waals surface area contributed by atoms with E-state index in [0.29, 0.717) is 5.56 Å². The van der Waals surface area contributed by atoms with Crippen molar-refractivity contribution in [3.63, 3.8) is 0 Å². The van der Waals surface area contributed by atoms with Crippen LogP contribution in [0.4, 0.5) is 15.8 Å². The first-order valence-corrected chi connectivity index (χ1v) is 7.27. The second-order valence-corrected chi connectivity index (χ2v) is 5.17. The summed E-state index contributed by atoms with van der Waals surface area (Å²) in [6, 6.07) is 8.60. The van der Waals surface area contributed by atoms with Gasteiger partial charge in [0.15, 0.2) is 5.11 Å². The molecule has 0 aromatic heterocycles. The summed E-state index contributed by atoms with van der Waals surface area (Å²) in [7, 11) is 0. The number of benzene rings is 2. The molecule has 0 spiro atoms. The normalized spacial score (nSPS) is 10.4. The lowest BCUT2D eigenvalue weighted by Gasteiger charge is -2.15. The van der Waals surface area contributed by atoms with Crippen molar-refractivity contribution >= 4 is 40.7 Å². The molecule has 2 rings (SSSR count). The molecule has 0 saturated heterocycles. The SMILES string of the molecule is O=C(/C=C/c1ccc(F)cc1)NC(=S)Nc1cc([N+](=O)[O-])ccc1[O-]. The van der Waals surface area contributed by atoms with Gasteiger partial charge in [0.2, 0.25) is 5.91 Å². The number of non-ortho nitro benzene ring substituents is 1. The van der Waals surface area contributed by atoms with Gasteiger partial charge in [-0.25, -0.2) is 4.39 Å². The van der Waals surface area contributed by atoms with Gasteiger partial charge in [0, 0.05) is 23.9 Å². The standard InChI is InChI=1S/C16H12FN3O4S/c17-11-4-1-10(2-5-11)3-8-15(22)19-16(25)18-13-9-12(20(23)24)6-7-14(13)21/h1-9,21H,(H2,18,19,22,25)/p-1/b8-3+. The molecule has 25 heavy (non-hydrogen) atoms. The molecule has 0 aliphatic rings. The summed E-state index contributed by atoms with van der Waals surface area (Å²) < 4.78 is 12.8. The number of anilines is 1. The van der Waals surface area contributed by atoms with E-state index in [-0.39, 0.29) is 16.5 Å². The van der Waals surface area contributed by atoms with E-state index in [1.54, 1.807) is 0 Å². The largest absolute Gasteiger partial charge is 0.871 e. The fourth-order valence-electron chi connectivity index (χ4n) is 1.78. The van der Waals surface area contributed by atoms with Crippen molar-refractivity contribution in [3.05, 3.63) is 70.0 Å². The summed E-state index contributed by atoms with van der Waals surface area (Å²) in [5.41, 5.74) is 0.199. The van der Waals surface area contributed by atoms with Crippen LogP contribution in [0.3, 0.4) is 0 Å². The van der Waals surface area contributed by atoms with Gasteiger partial charge in [0.1, 0.15) is 5.82 Å². The lowest BCUT2D eigenvalue weighted by Crippen LogP contribution is -2.33. The minimum atomic E-state index is -0.655. The molecule has 2 aromatic rings. The first-order valence-electron chi connectivity index (χ1n) is 6.86. The maximum Gasteiger partial charge on any atom is 0.271 e. The smallest absolute Gasteiger partial charge is 0.271 e. The fraction of sp³-hybridized carbons (Fsp3) is 0. The molecule has 1 amide bonds. The molecule has 2 N–H and O–H groups in total. The van der Waals surface area contributed by atoms with Gasteiger partial charge in [-0.05, 0) is 36.0 Å². The zero-order valence-corrected chi connectivity index (χ0v) is 13.4. The summed E-state index contributed by atoms with van der Waals surface area (Å²) in [5, 5.41) is 26.9. The van der Waals surface area contributed by atoms with E-state index in [9.17, 15) is 24.4 Å². The first kappa shape index (κ1) is 18.0. The van der Waals surface area contributed by atoms with E-state index in [1.165, 1.54) is 36.4 Å². The third-order valence-electron chi connectivity index (χ3n) is 2.96. The van der Waals surface area contributed by atoms with Crippen LogP contribution in [0.1, 0.15) is 5.56 Å². The summed E-state index contributed by atoms with van der Waals surface area (Å²) in [6.07, 6.45) is 2.62. The van der Waals surface area contributed by atoms with Crippen molar-refractivity contribution in [3.8, 4) is 5.75 Å². The summed E-state index contributed by atoms with van der Waals surface area (Å²) in [4.78, 5) is 21.8. The molecular formula is C16H11FN3O4S-. The number of carbonyl (C=O) groups excluding carboxylic acids is 1. The van der Waals surface area contributed by atoms with Gasteiger partial charge in [-0.2, -0.15) is 0 Å². The van der Waals surface area contributed by atoms with E-state index in [1.807, 2.05) is 0 Å². The molecule has 9 heteroatoms. The number of nitrogens with zero attached hydrogens (tertiary/aromatic N) is 1. The third kappa shape index (κ3) is 5.36. The van der Waals surface area contributed by atoms with Crippen LogP contribution in [0.25, 0.3) is 6.08 Å². The molecule has 0 aliphatic carbocycles. The predicted octanol–water partition coefficient (Wildman–Crippen LogP) is 2.33. The average Bonchev–Trinajstić information content (AvgIpc) is 2.56. The Labute approximate surface area is 146 Å². The van der Waals surface area contributed by atoms with E-state index in [0.717, 1.165) is 18.2 Å². The quantitative estimate of drug-likeness (QED) is 0.375. The van der Waals surface area contributed by atoms with Crippen molar-refractivity contribution in [1.82, 2.24) is 5.32 Å².